The molecule has 0 bridgehead atoms. The van der Waals surface area contributed by atoms with Crippen LogP contribution < -0.4 is 27.8 Å². The number of rotatable bonds is 11. The molecule has 33 heavy (non-hydrogen) atoms. The smallest absolute Gasteiger partial charge is 0.410 e. The molecule has 1 saturated heterocycles. The van der Waals surface area contributed by atoms with Gasteiger partial charge in [-0.05, 0) is 46.5 Å². The molecule has 186 valence electrons. The number of hydrogen-bond donors (Lipinski definition) is 5. The van der Waals surface area contributed by atoms with Crippen molar-refractivity contribution < 1.29 is 33.5 Å². The Kier molecular flexibility index (Phi) is 10.1. The minimum absolute atomic E-state index is 0.123. The first-order chi connectivity index (χ1) is 15.2. The first-order valence-corrected chi connectivity index (χ1v) is 10.7. The zero-order valence-corrected chi connectivity index (χ0v) is 19.2. The molecule has 3 atom stereocenters. The molecular weight excluding hydrogens is 436 g/mol. The zero-order valence-electron chi connectivity index (χ0n) is 19.2. The SMILES string of the molecule is CC(C)(C)OC(=O)N1CCC[C@@H]1C(=O)N[C@@H](CCC(N)=O)C(=O)N[C@@H](CCC(N)=O)C(N)=O. The highest BCUT2D eigenvalue weighted by atomic mass is 16.6. The number of nitrogens with zero attached hydrogens (tertiary/aromatic N) is 1. The van der Waals surface area contributed by atoms with Gasteiger partial charge in [0, 0.05) is 19.4 Å². The van der Waals surface area contributed by atoms with Gasteiger partial charge in [-0.25, -0.2) is 4.79 Å². The molecule has 13 heteroatoms. The number of nitrogens with two attached hydrogens (primary N) is 3. The van der Waals surface area contributed by atoms with Crippen molar-refractivity contribution in [1.82, 2.24) is 15.5 Å². The van der Waals surface area contributed by atoms with Crippen molar-refractivity contribution in [2.75, 3.05) is 6.54 Å². The molecule has 0 aromatic rings. The summed E-state index contributed by atoms with van der Waals surface area (Å²) in [7, 11) is 0. The Hall–Kier alpha value is -3.38. The molecule has 0 aromatic carbocycles. The fourth-order valence-electron chi connectivity index (χ4n) is 3.25. The second-order valence-electron chi connectivity index (χ2n) is 8.87. The van der Waals surface area contributed by atoms with Crippen molar-refractivity contribution in [1.29, 1.82) is 0 Å². The molecule has 1 aliphatic rings. The molecule has 0 radical (unpaired) electrons. The molecule has 1 aliphatic heterocycles. The van der Waals surface area contributed by atoms with Crippen LogP contribution in [0.2, 0.25) is 0 Å². The van der Waals surface area contributed by atoms with Crippen LogP contribution in [0.4, 0.5) is 4.79 Å². The van der Waals surface area contributed by atoms with E-state index >= 15 is 0 Å². The topological polar surface area (TPSA) is 217 Å². The molecule has 0 aromatic heterocycles. The molecule has 0 spiro atoms. The molecule has 1 heterocycles. The van der Waals surface area contributed by atoms with Gasteiger partial charge >= 0.3 is 6.09 Å². The number of amides is 6. The number of likely N-dealkylation sites (tertiary alicyclic amines) is 1. The minimum Gasteiger partial charge on any atom is -0.444 e. The van der Waals surface area contributed by atoms with Gasteiger partial charge in [0.15, 0.2) is 0 Å². The van der Waals surface area contributed by atoms with Crippen molar-refractivity contribution >= 4 is 35.6 Å². The maximum Gasteiger partial charge on any atom is 0.410 e. The normalized spacial score (nSPS) is 17.5. The number of nitrogens with one attached hydrogen (secondary N) is 2. The Balaban J connectivity index is 2.93. The second kappa shape index (κ2) is 12.0. The zero-order chi connectivity index (χ0) is 25.3. The van der Waals surface area contributed by atoms with Crippen molar-refractivity contribution in [2.45, 2.75) is 83.0 Å². The van der Waals surface area contributed by atoms with Crippen LogP contribution in [0.15, 0.2) is 0 Å². The van der Waals surface area contributed by atoms with Gasteiger partial charge in [0.25, 0.3) is 0 Å². The van der Waals surface area contributed by atoms with Gasteiger partial charge in [0.2, 0.25) is 29.5 Å². The number of ether oxygens (including phenoxy) is 1. The Morgan fingerprint density at radius 2 is 1.48 bits per heavy atom. The lowest BCUT2D eigenvalue weighted by Crippen LogP contribution is -2.56. The van der Waals surface area contributed by atoms with E-state index in [-0.39, 0.29) is 25.7 Å². The average Bonchev–Trinajstić information content (AvgIpc) is 3.16. The maximum atomic E-state index is 12.9. The average molecular weight is 471 g/mol. The highest BCUT2D eigenvalue weighted by molar-refractivity contribution is 5.94. The monoisotopic (exact) mass is 470 g/mol. The third kappa shape index (κ3) is 9.74. The predicted octanol–water partition coefficient (Wildman–Crippen LogP) is -1.63. The second-order valence-corrected chi connectivity index (χ2v) is 8.87. The van der Waals surface area contributed by atoms with Gasteiger partial charge < -0.3 is 32.6 Å². The lowest BCUT2D eigenvalue weighted by atomic mass is 10.1. The number of primary amides is 3. The molecule has 0 aliphatic carbocycles. The first-order valence-electron chi connectivity index (χ1n) is 10.7. The summed E-state index contributed by atoms with van der Waals surface area (Å²) in [6, 6.07) is -3.31. The fraction of sp³-hybridized carbons (Fsp3) is 0.700. The van der Waals surface area contributed by atoms with Crippen LogP contribution in [0.25, 0.3) is 0 Å². The summed E-state index contributed by atoms with van der Waals surface area (Å²) in [5.74, 6) is -3.68. The predicted molar refractivity (Wildman–Crippen MR) is 116 cm³/mol. The van der Waals surface area contributed by atoms with E-state index < -0.39 is 59.4 Å². The summed E-state index contributed by atoms with van der Waals surface area (Å²) in [5, 5.41) is 4.88. The third-order valence-corrected chi connectivity index (χ3v) is 4.84. The highest BCUT2D eigenvalue weighted by Gasteiger charge is 2.38. The van der Waals surface area contributed by atoms with Crippen molar-refractivity contribution in [3.8, 4) is 0 Å². The standard InChI is InChI=1S/C20H34N6O7/c1-20(2,3)33-19(32)26-10-4-5-13(26)18(31)25-12(7-9-15(22)28)17(30)24-11(16(23)29)6-8-14(21)27/h11-13H,4-10H2,1-3H3,(H2,21,27)(H2,22,28)(H2,23,29)(H,24,30)(H,25,31)/t11-,12-,13+/m0/s1. The van der Waals surface area contributed by atoms with E-state index in [1.165, 1.54) is 4.90 Å². The fourth-order valence-corrected chi connectivity index (χ4v) is 3.25. The molecule has 0 saturated carbocycles. The van der Waals surface area contributed by atoms with Gasteiger partial charge in [-0.1, -0.05) is 0 Å². The van der Waals surface area contributed by atoms with E-state index in [9.17, 15) is 28.8 Å². The third-order valence-electron chi connectivity index (χ3n) is 4.84. The van der Waals surface area contributed by atoms with E-state index in [2.05, 4.69) is 10.6 Å². The Morgan fingerprint density at radius 1 is 0.939 bits per heavy atom. The Labute approximate surface area is 192 Å². The largest absolute Gasteiger partial charge is 0.444 e. The van der Waals surface area contributed by atoms with E-state index in [4.69, 9.17) is 21.9 Å². The van der Waals surface area contributed by atoms with Gasteiger partial charge in [-0.3, -0.25) is 28.9 Å². The number of carbonyl (C=O) groups excluding carboxylic acids is 6. The van der Waals surface area contributed by atoms with E-state index in [0.717, 1.165) is 0 Å². The number of hydrogen-bond acceptors (Lipinski definition) is 7. The Morgan fingerprint density at radius 3 is 1.97 bits per heavy atom. The van der Waals surface area contributed by atoms with Crippen LogP contribution in [0, 0.1) is 0 Å². The molecule has 1 rings (SSSR count). The molecule has 0 unspecified atom stereocenters. The van der Waals surface area contributed by atoms with Crippen LogP contribution in [0.3, 0.4) is 0 Å². The van der Waals surface area contributed by atoms with E-state index in [0.29, 0.717) is 19.4 Å². The highest BCUT2D eigenvalue weighted by Crippen LogP contribution is 2.21. The molecule has 13 nitrogen and oxygen atoms in total. The maximum absolute atomic E-state index is 12.9. The van der Waals surface area contributed by atoms with E-state index in [1.54, 1.807) is 20.8 Å². The first kappa shape index (κ1) is 27.7. The van der Waals surface area contributed by atoms with Gasteiger partial charge in [0.05, 0.1) is 0 Å². The van der Waals surface area contributed by atoms with Gasteiger partial charge in [-0.15, -0.1) is 0 Å². The van der Waals surface area contributed by atoms with Crippen LogP contribution in [0.5, 0.6) is 0 Å². The summed E-state index contributed by atoms with van der Waals surface area (Å²) < 4.78 is 5.34. The summed E-state index contributed by atoms with van der Waals surface area (Å²) in [6.45, 7) is 5.41. The van der Waals surface area contributed by atoms with Crippen LogP contribution in [-0.4, -0.2) is 70.8 Å². The molecule has 8 N–H and O–H groups in total. The van der Waals surface area contributed by atoms with Crippen molar-refractivity contribution in [2.24, 2.45) is 17.2 Å². The summed E-state index contributed by atoms with van der Waals surface area (Å²) in [6.07, 6.45) is -0.418. The lowest BCUT2D eigenvalue weighted by molar-refractivity contribution is -0.133. The van der Waals surface area contributed by atoms with Gasteiger partial charge in [-0.2, -0.15) is 0 Å². The van der Waals surface area contributed by atoms with Crippen molar-refractivity contribution in [3.63, 3.8) is 0 Å². The van der Waals surface area contributed by atoms with Crippen LogP contribution in [-0.2, 0) is 28.7 Å². The molecular formula is C20H34N6O7. The van der Waals surface area contributed by atoms with Crippen LogP contribution in [0.1, 0.15) is 59.3 Å². The van der Waals surface area contributed by atoms with E-state index in [1.807, 2.05) is 0 Å². The Bertz CT molecular complexity index is 779. The quantitative estimate of drug-likeness (QED) is 0.237. The molecule has 6 amide bonds. The minimum atomic E-state index is -1.23. The lowest BCUT2D eigenvalue weighted by Gasteiger charge is -2.29. The summed E-state index contributed by atoms with van der Waals surface area (Å²) in [4.78, 5) is 73.3. The van der Waals surface area contributed by atoms with Gasteiger partial charge in [0.1, 0.15) is 23.7 Å². The molecule has 1 fully saturated rings. The summed E-state index contributed by atoms with van der Waals surface area (Å²) >= 11 is 0. The number of carbonyl (C=O) groups is 6. The summed E-state index contributed by atoms with van der Waals surface area (Å²) in [5.41, 5.74) is 14.8. The van der Waals surface area contributed by atoms with Crippen LogP contribution >= 0.6 is 0 Å². The van der Waals surface area contributed by atoms with Crippen molar-refractivity contribution in [3.05, 3.63) is 0 Å².